The van der Waals surface area contributed by atoms with Crippen molar-refractivity contribution in [3.8, 4) is 11.1 Å². The molecular weight excluding hydrogens is 511 g/mol. The molecule has 1 aromatic heterocycles. The lowest BCUT2D eigenvalue weighted by Crippen LogP contribution is -2.30. The van der Waals surface area contributed by atoms with Gasteiger partial charge in [0.15, 0.2) is 0 Å². The molecule has 1 N–H and O–H groups in total. The van der Waals surface area contributed by atoms with E-state index in [9.17, 15) is 18.0 Å². The van der Waals surface area contributed by atoms with Gasteiger partial charge in [0.25, 0.3) is 5.91 Å². The summed E-state index contributed by atoms with van der Waals surface area (Å²) in [5.74, 6) is -0.310. The van der Waals surface area contributed by atoms with E-state index in [1.54, 1.807) is 24.3 Å². The molecule has 2 heterocycles. The number of aromatic nitrogens is 1. The first kappa shape index (κ1) is 25.8. The quantitative estimate of drug-likeness (QED) is 0.250. The van der Waals surface area contributed by atoms with Crippen molar-refractivity contribution >= 4 is 22.5 Å². The van der Waals surface area contributed by atoms with Gasteiger partial charge in [0.1, 0.15) is 0 Å². The SMILES string of the molecule is O=C(Nc1ccc2c(c1)CCN(Cc1ccc3ccccc3n1)C2)c1ccccc1-c1ccc(C(F)(F)F)cc1. The fourth-order valence-corrected chi connectivity index (χ4v) is 5.22. The van der Waals surface area contributed by atoms with Crippen molar-refractivity contribution in [2.45, 2.75) is 25.7 Å². The predicted octanol–water partition coefficient (Wildman–Crippen LogP) is 7.73. The van der Waals surface area contributed by atoms with Gasteiger partial charge in [-0.1, -0.05) is 60.7 Å². The lowest BCUT2D eigenvalue weighted by molar-refractivity contribution is -0.137. The highest BCUT2D eigenvalue weighted by Gasteiger charge is 2.30. The van der Waals surface area contributed by atoms with Gasteiger partial charge in [-0.05, 0) is 71.1 Å². The fraction of sp³-hybridized carbons (Fsp3) is 0.152. The van der Waals surface area contributed by atoms with Crippen LogP contribution >= 0.6 is 0 Å². The van der Waals surface area contributed by atoms with Crippen molar-refractivity contribution in [3.05, 3.63) is 131 Å². The van der Waals surface area contributed by atoms with Crippen LogP contribution in [0.1, 0.15) is 32.7 Å². The van der Waals surface area contributed by atoms with Crippen molar-refractivity contribution in [2.75, 3.05) is 11.9 Å². The molecule has 1 aliphatic rings. The van der Waals surface area contributed by atoms with Crippen molar-refractivity contribution in [1.29, 1.82) is 0 Å². The third-order valence-corrected chi connectivity index (χ3v) is 7.29. The predicted molar refractivity (Wildman–Crippen MR) is 151 cm³/mol. The third kappa shape index (κ3) is 5.46. The van der Waals surface area contributed by atoms with Crippen molar-refractivity contribution in [1.82, 2.24) is 9.88 Å². The second kappa shape index (κ2) is 10.6. The zero-order chi connectivity index (χ0) is 27.7. The Morgan fingerprint density at radius 2 is 1.62 bits per heavy atom. The van der Waals surface area contributed by atoms with E-state index in [0.717, 1.165) is 54.8 Å². The summed E-state index contributed by atoms with van der Waals surface area (Å²) in [4.78, 5) is 20.4. The van der Waals surface area contributed by atoms with Crippen LogP contribution in [0.3, 0.4) is 0 Å². The highest BCUT2D eigenvalue weighted by molar-refractivity contribution is 6.08. The average molecular weight is 538 g/mol. The number of nitrogens with one attached hydrogen (secondary N) is 1. The van der Waals surface area contributed by atoms with Crippen LogP contribution in [0, 0.1) is 0 Å². The van der Waals surface area contributed by atoms with E-state index < -0.39 is 11.7 Å². The number of hydrogen-bond acceptors (Lipinski definition) is 3. The van der Waals surface area contributed by atoms with Crippen LogP contribution in [-0.4, -0.2) is 22.3 Å². The minimum absolute atomic E-state index is 0.310. The number of fused-ring (bicyclic) bond motifs is 2. The number of carbonyl (C=O) groups excluding carboxylic acids is 1. The largest absolute Gasteiger partial charge is 0.416 e. The number of benzene rings is 4. The van der Waals surface area contributed by atoms with Crippen LogP contribution in [-0.2, 0) is 25.7 Å². The van der Waals surface area contributed by atoms with Gasteiger partial charge in [0.2, 0.25) is 0 Å². The smallest absolute Gasteiger partial charge is 0.322 e. The molecule has 1 amide bonds. The summed E-state index contributed by atoms with van der Waals surface area (Å²) < 4.78 is 39.0. The van der Waals surface area contributed by atoms with Gasteiger partial charge < -0.3 is 5.32 Å². The summed E-state index contributed by atoms with van der Waals surface area (Å²) in [7, 11) is 0. The Morgan fingerprint density at radius 1 is 0.850 bits per heavy atom. The van der Waals surface area contributed by atoms with E-state index in [1.807, 2.05) is 36.4 Å². The Kier molecular flexibility index (Phi) is 6.82. The standard InChI is InChI=1S/C33H26F3N3O/c34-33(35,36)26-13-9-22(10-14-26)29-6-2-3-7-30(29)32(40)38-27-15-12-25-20-39(18-17-24(25)19-27)21-28-16-11-23-5-1-4-8-31(23)37-28/h1-16,19H,17-18,20-21H2,(H,38,40). The zero-order valence-corrected chi connectivity index (χ0v) is 21.6. The molecule has 0 aliphatic carbocycles. The number of alkyl halides is 3. The summed E-state index contributed by atoms with van der Waals surface area (Å²) in [6.07, 6.45) is -3.55. The molecule has 40 heavy (non-hydrogen) atoms. The van der Waals surface area contributed by atoms with Gasteiger partial charge in [0, 0.05) is 36.3 Å². The van der Waals surface area contributed by atoms with Crippen LogP contribution < -0.4 is 5.32 Å². The van der Waals surface area contributed by atoms with Gasteiger partial charge >= 0.3 is 6.18 Å². The third-order valence-electron chi connectivity index (χ3n) is 7.29. The molecule has 0 saturated heterocycles. The van der Waals surface area contributed by atoms with Crippen LogP contribution in [0.2, 0.25) is 0 Å². The summed E-state index contributed by atoms with van der Waals surface area (Å²) >= 11 is 0. The summed E-state index contributed by atoms with van der Waals surface area (Å²) in [5.41, 5.74) is 5.93. The van der Waals surface area contributed by atoms with Gasteiger partial charge in [-0.2, -0.15) is 13.2 Å². The highest BCUT2D eigenvalue weighted by Crippen LogP contribution is 2.32. The maximum absolute atomic E-state index is 13.2. The maximum Gasteiger partial charge on any atom is 0.416 e. The first-order valence-electron chi connectivity index (χ1n) is 13.1. The normalized spacial score (nSPS) is 13.7. The summed E-state index contributed by atoms with van der Waals surface area (Å²) in [6.45, 7) is 2.45. The second-order valence-corrected chi connectivity index (χ2v) is 10.0. The molecule has 200 valence electrons. The number of amides is 1. The minimum atomic E-state index is -4.41. The summed E-state index contributed by atoms with van der Waals surface area (Å²) in [5, 5.41) is 4.11. The Morgan fingerprint density at radius 3 is 2.45 bits per heavy atom. The molecule has 5 aromatic rings. The van der Waals surface area contributed by atoms with Gasteiger partial charge in [0.05, 0.1) is 16.8 Å². The molecule has 4 nitrogen and oxygen atoms in total. The number of para-hydroxylation sites is 1. The molecule has 1 aliphatic heterocycles. The molecule has 0 unspecified atom stereocenters. The van der Waals surface area contributed by atoms with E-state index >= 15 is 0 Å². The molecule has 0 fully saturated rings. The number of pyridine rings is 1. The average Bonchev–Trinajstić information content (AvgIpc) is 2.97. The van der Waals surface area contributed by atoms with Crippen LogP contribution in [0.5, 0.6) is 0 Å². The Balaban J connectivity index is 1.15. The Hall–Kier alpha value is -4.49. The van der Waals surface area contributed by atoms with Crippen molar-refractivity contribution < 1.29 is 18.0 Å². The van der Waals surface area contributed by atoms with E-state index in [0.29, 0.717) is 22.4 Å². The van der Waals surface area contributed by atoms with Gasteiger partial charge in [-0.3, -0.25) is 14.7 Å². The molecule has 0 saturated carbocycles. The number of rotatable bonds is 5. The molecule has 7 heteroatoms. The molecule has 4 aromatic carbocycles. The minimum Gasteiger partial charge on any atom is -0.322 e. The van der Waals surface area contributed by atoms with Crippen molar-refractivity contribution in [2.24, 2.45) is 0 Å². The fourth-order valence-electron chi connectivity index (χ4n) is 5.22. The second-order valence-electron chi connectivity index (χ2n) is 10.0. The highest BCUT2D eigenvalue weighted by atomic mass is 19.4. The Bertz CT molecular complexity index is 1700. The van der Waals surface area contributed by atoms with Crippen LogP contribution in [0.15, 0.2) is 103 Å². The topological polar surface area (TPSA) is 45.2 Å². The lowest BCUT2D eigenvalue weighted by atomic mass is 9.97. The van der Waals surface area contributed by atoms with E-state index in [1.165, 1.54) is 23.3 Å². The molecule has 0 radical (unpaired) electrons. The first-order valence-corrected chi connectivity index (χ1v) is 13.1. The Labute approximate surface area is 230 Å². The van der Waals surface area contributed by atoms with Crippen molar-refractivity contribution in [3.63, 3.8) is 0 Å². The molecule has 0 spiro atoms. The zero-order valence-electron chi connectivity index (χ0n) is 21.6. The number of nitrogens with zero attached hydrogens (tertiary/aromatic N) is 2. The maximum atomic E-state index is 13.2. The molecule has 0 atom stereocenters. The van der Waals surface area contributed by atoms with Gasteiger partial charge in [-0.25, -0.2) is 0 Å². The number of halogens is 3. The van der Waals surface area contributed by atoms with E-state index in [-0.39, 0.29) is 5.91 Å². The van der Waals surface area contributed by atoms with E-state index in [2.05, 4.69) is 28.4 Å². The number of hydrogen-bond donors (Lipinski definition) is 1. The monoisotopic (exact) mass is 537 g/mol. The molecule has 0 bridgehead atoms. The summed E-state index contributed by atoms with van der Waals surface area (Å²) in [6, 6.07) is 30.1. The number of anilines is 1. The lowest BCUT2D eigenvalue weighted by Gasteiger charge is -2.29. The van der Waals surface area contributed by atoms with E-state index in [4.69, 9.17) is 4.98 Å². The molecular formula is C33H26F3N3O. The number of carbonyl (C=O) groups is 1. The molecule has 6 rings (SSSR count). The first-order chi connectivity index (χ1) is 19.3. The van der Waals surface area contributed by atoms with Crippen LogP contribution in [0.4, 0.5) is 18.9 Å². The van der Waals surface area contributed by atoms with Gasteiger partial charge in [-0.15, -0.1) is 0 Å². The van der Waals surface area contributed by atoms with Crippen LogP contribution in [0.25, 0.3) is 22.0 Å².